The molecule has 0 saturated carbocycles. The van der Waals surface area contributed by atoms with Crippen LogP contribution in [-0.2, 0) is 20.8 Å². The minimum Gasteiger partial charge on any atom is -0.495 e. The fourth-order valence-electron chi connectivity index (χ4n) is 3.39. The van der Waals surface area contributed by atoms with Crippen molar-refractivity contribution in [1.29, 1.82) is 0 Å². The summed E-state index contributed by atoms with van der Waals surface area (Å²) in [4.78, 5) is 38.1. The Morgan fingerprint density at radius 2 is 1.90 bits per heavy atom. The number of anilines is 2. The third-order valence-electron chi connectivity index (χ3n) is 4.88. The Morgan fingerprint density at radius 1 is 1.14 bits per heavy atom. The molecule has 0 spiro atoms. The molecule has 1 unspecified atom stereocenters. The second kappa shape index (κ2) is 9.23. The summed E-state index contributed by atoms with van der Waals surface area (Å²) in [6.07, 6.45) is 0.946. The van der Waals surface area contributed by atoms with E-state index in [-0.39, 0.29) is 24.1 Å². The molecule has 1 saturated heterocycles. The van der Waals surface area contributed by atoms with Crippen molar-refractivity contribution in [3.8, 4) is 5.75 Å². The first-order chi connectivity index (χ1) is 14.0. The van der Waals surface area contributed by atoms with E-state index in [4.69, 9.17) is 4.74 Å². The summed E-state index contributed by atoms with van der Waals surface area (Å²) in [6, 6.07) is 15.0. The summed E-state index contributed by atoms with van der Waals surface area (Å²) in [5, 5.41) is 5.52. The van der Waals surface area contributed by atoms with E-state index in [1.807, 2.05) is 30.3 Å². The van der Waals surface area contributed by atoms with E-state index >= 15 is 0 Å². The van der Waals surface area contributed by atoms with Crippen molar-refractivity contribution in [2.24, 2.45) is 5.92 Å². The molecule has 29 heavy (non-hydrogen) atoms. The molecular weight excluding hydrogens is 370 g/mol. The predicted molar refractivity (Wildman–Crippen MR) is 111 cm³/mol. The lowest BCUT2D eigenvalue weighted by Gasteiger charge is -2.17. The number of hydrogen-bond acceptors (Lipinski definition) is 4. The molecule has 152 valence electrons. The van der Waals surface area contributed by atoms with E-state index in [9.17, 15) is 14.4 Å². The van der Waals surface area contributed by atoms with Crippen molar-refractivity contribution in [3.05, 3.63) is 54.1 Å². The monoisotopic (exact) mass is 395 g/mol. The van der Waals surface area contributed by atoms with Gasteiger partial charge in [-0.1, -0.05) is 30.3 Å². The second-order valence-electron chi connectivity index (χ2n) is 7.06. The molecule has 7 nitrogen and oxygen atoms in total. The van der Waals surface area contributed by atoms with Gasteiger partial charge in [-0.2, -0.15) is 0 Å². The van der Waals surface area contributed by atoms with Gasteiger partial charge < -0.3 is 20.3 Å². The molecule has 3 amide bonds. The zero-order chi connectivity index (χ0) is 20.8. The van der Waals surface area contributed by atoms with Crippen molar-refractivity contribution in [1.82, 2.24) is 4.90 Å². The molecule has 1 aliphatic heterocycles. The fourth-order valence-corrected chi connectivity index (χ4v) is 3.39. The number of hydrogen-bond donors (Lipinski definition) is 2. The number of carbonyl (C=O) groups is 3. The van der Waals surface area contributed by atoms with Crippen molar-refractivity contribution < 1.29 is 19.1 Å². The van der Waals surface area contributed by atoms with E-state index < -0.39 is 5.92 Å². The van der Waals surface area contributed by atoms with Crippen LogP contribution >= 0.6 is 0 Å². The number of methoxy groups -OCH3 is 1. The topological polar surface area (TPSA) is 87.7 Å². The molecule has 3 rings (SSSR count). The quantitative estimate of drug-likeness (QED) is 0.755. The van der Waals surface area contributed by atoms with Crippen LogP contribution in [0.3, 0.4) is 0 Å². The molecule has 2 aromatic carbocycles. The third kappa shape index (κ3) is 5.34. The highest BCUT2D eigenvalue weighted by molar-refractivity contribution is 5.99. The SMILES string of the molecule is COc1ccc(NC(C)=O)cc1NC(=O)C1CC(=O)N(CCc2ccccc2)C1. The molecule has 1 fully saturated rings. The number of nitrogens with one attached hydrogen (secondary N) is 2. The van der Waals surface area contributed by atoms with Gasteiger partial charge in [-0.05, 0) is 30.2 Å². The van der Waals surface area contributed by atoms with Crippen LogP contribution in [0.25, 0.3) is 0 Å². The Balaban J connectivity index is 1.62. The van der Waals surface area contributed by atoms with Gasteiger partial charge in [0.2, 0.25) is 17.7 Å². The van der Waals surface area contributed by atoms with E-state index in [0.29, 0.717) is 30.2 Å². The second-order valence-corrected chi connectivity index (χ2v) is 7.06. The average molecular weight is 395 g/mol. The minimum absolute atomic E-state index is 0.0138. The maximum absolute atomic E-state index is 12.7. The minimum atomic E-state index is -0.424. The molecule has 0 bridgehead atoms. The van der Waals surface area contributed by atoms with E-state index in [0.717, 1.165) is 12.0 Å². The van der Waals surface area contributed by atoms with Gasteiger partial charge in [-0.15, -0.1) is 0 Å². The summed E-state index contributed by atoms with van der Waals surface area (Å²) >= 11 is 0. The Bertz CT molecular complexity index is 898. The van der Waals surface area contributed by atoms with Gasteiger partial charge in [-0.3, -0.25) is 14.4 Å². The fraction of sp³-hybridized carbons (Fsp3) is 0.318. The number of ether oxygens (including phenoxy) is 1. The van der Waals surface area contributed by atoms with Crippen LogP contribution in [0.4, 0.5) is 11.4 Å². The van der Waals surface area contributed by atoms with Gasteiger partial charge in [-0.25, -0.2) is 0 Å². The van der Waals surface area contributed by atoms with E-state index in [2.05, 4.69) is 10.6 Å². The Kier molecular flexibility index (Phi) is 6.49. The normalized spacial score (nSPS) is 15.9. The number of amides is 3. The summed E-state index contributed by atoms with van der Waals surface area (Å²) in [7, 11) is 1.51. The number of rotatable bonds is 7. The Hall–Kier alpha value is -3.35. The zero-order valence-electron chi connectivity index (χ0n) is 16.6. The molecule has 1 aliphatic rings. The first-order valence-electron chi connectivity index (χ1n) is 9.54. The molecular formula is C22H25N3O4. The standard InChI is InChI=1S/C22H25N3O4/c1-15(26)23-18-8-9-20(29-2)19(13-18)24-22(28)17-12-21(27)25(14-17)11-10-16-6-4-3-5-7-16/h3-9,13,17H,10-12,14H2,1-2H3,(H,23,26)(H,24,28). The van der Waals surface area contributed by atoms with Crippen LogP contribution < -0.4 is 15.4 Å². The highest BCUT2D eigenvalue weighted by Gasteiger charge is 2.34. The number of carbonyl (C=O) groups excluding carboxylic acids is 3. The molecule has 0 aromatic heterocycles. The Morgan fingerprint density at radius 3 is 2.59 bits per heavy atom. The third-order valence-corrected chi connectivity index (χ3v) is 4.88. The zero-order valence-corrected chi connectivity index (χ0v) is 16.6. The van der Waals surface area contributed by atoms with Crippen molar-refractivity contribution in [2.45, 2.75) is 19.8 Å². The number of benzene rings is 2. The van der Waals surface area contributed by atoms with Gasteiger partial charge in [0.15, 0.2) is 0 Å². The first-order valence-corrected chi connectivity index (χ1v) is 9.54. The van der Waals surface area contributed by atoms with Crippen LogP contribution in [0.15, 0.2) is 48.5 Å². The molecule has 2 aromatic rings. The van der Waals surface area contributed by atoms with Crippen molar-refractivity contribution in [2.75, 3.05) is 30.8 Å². The lowest BCUT2D eigenvalue weighted by Crippen LogP contribution is -2.30. The lowest BCUT2D eigenvalue weighted by molar-refractivity contribution is -0.128. The highest BCUT2D eigenvalue weighted by atomic mass is 16.5. The van der Waals surface area contributed by atoms with Crippen molar-refractivity contribution >= 4 is 29.1 Å². The maximum atomic E-state index is 12.7. The summed E-state index contributed by atoms with van der Waals surface area (Å²) in [5.41, 5.74) is 2.17. The smallest absolute Gasteiger partial charge is 0.229 e. The van der Waals surface area contributed by atoms with Crippen molar-refractivity contribution in [3.63, 3.8) is 0 Å². The van der Waals surface area contributed by atoms with Crippen LogP contribution in [-0.4, -0.2) is 42.8 Å². The van der Waals surface area contributed by atoms with Crippen LogP contribution in [0.1, 0.15) is 18.9 Å². The van der Waals surface area contributed by atoms with Gasteiger partial charge in [0.1, 0.15) is 5.75 Å². The maximum Gasteiger partial charge on any atom is 0.229 e. The lowest BCUT2D eigenvalue weighted by atomic mass is 10.1. The number of nitrogens with zero attached hydrogens (tertiary/aromatic N) is 1. The largest absolute Gasteiger partial charge is 0.495 e. The average Bonchev–Trinajstić information content (AvgIpc) is 3.08. The summed E-state index contributed by atoms with van der Waals surface area (Å²) in [6.45, 7) is 2.40. The molecule has 2 N–H and O–H groups in total. The predicted octanol–water partition coefficient (Wildman–Crippen LogP) is 2.68. The molecule has 0 radical (unpaired) electrons. The summed E-state index contributed by atoms with van der Waals surface area (Å²) < 4.78 is 5.29. The molecule has 7 heteroatoms. The summed E-state index contributed by atoms with van der Waals surface area (Å²) in [5.74, 6) is -0.396. The van der Waals surface area contributed by atoms with E-state index in [1.165, 1.54) is 14.0 Å². The number of likely N-dealkylation sites (tertiary alicyclic amines) is 1. The Labute approximate surface area is 170 Å². The van der Waals surface area contributed by atoms with Crippen LogP contribution in [0.5, 0.6) is 5.75 Å². The van der Waals surface area contributed by atoms with Gasteiger partial charge in [0.25, 0.3) is 0 Å². The highest BCUT2D eigenvalue weighted by Crippen LogP contribution is 2.29. The van der Waals surface area contributed by atoms with E-state index in [1.54, 1.807) is 23.1 Å². The van der Waals surface area contributed by atoms with Gasteiger partial charge in [0, 0.05) is 32.1 Å². The molecule has 0 aliphatic carbocycles. The molecule has 1 heterocycles. The molecule has 1 atom stereocenters. The van der Waals surface area contributed by atoms with Gasteiger partial charge in [0.05, 0.1) is 18.7 Å². The van der Waals surface area contributed by atoms with Crippen LogP contribution in [0, 0.1) is 5.92 Å². The van der Waals surface area contributed by atoms with Crippen LogP contribution in [0.2, 0.25) is 0 Å². The van der Waals surface area contributed by atoms with Gasteiger partial charge >= 0.3 is 0 Å². The first kappa shape index (κ1) is 20.4.